The van der Waals surface area contributed by atoms with Crippen molar-refractivity contribution in [2.45, 2.75) is 38.9 Å². The minimum absolute atomic E-state index is 0.0416. The second kappa shape index (κ2) is 10.5. The summed E-state index contributed by atoms with van der Waals surface area (Å²) in [6.45, 7) is 8.48. The standard InChI is InChI=1S/C27H30N2O2S/c1-19-8-10-20(11-9-19)17-32-18-25(30)28-23-6-5-7-24(16-23)29-26(31)21-12-14-22(15-13-21)27(2,3)4/h5-16H,17-18H2,1-4H3,(H,28,30)(H,29,31). The molecule has 0 heterocycles. The lowest BCUT2D eigenvalue weighted by Gasteiger charge is -2.19. The van der Waals surface area contributed by atoms with E-state index in [1.165, 1.54) is 16.7 Å². The van der Waals surface area contributed by atoms with E-state index in [1.54, 1.807) is 17.8 Å². The zero-order chi connectivity index (χ0) is 23.1. The van der Waals surface area contributed by atoms with E-state index in [2.05, 4.69) is 62.6 Å². The number of amides is 2. The number of benzene rings is 3. The summed E-state index contributed by atoms with van der Waals surface area (Å²) in [5, 5.41) is 5.81. The third-order valence-electron chi connectivity index (χ3n) is 5.04. The van der Waals surface area contributed by atoms with Crippen molar-refractivity contribution in [2.75, 3.05) is 16.4 Å². The lowest BCUT2D eigenvalue weighted by Crippen LogP contribution is -2.16. The first kappa shape index (κ1) is 23.6. The van der Waals surface area contributed by atoms with Crippen LogP contribution in [0, 0.1) is 6.92 Å². The van der Waals surface area contributed by atoms with Gasteiger partial charge in [0.1, 0.15) is 0 Å². The van der Waals surface area contributed by atoms with Crippen LogP contribution in [-0.2, 0) is 16.0 Å². The Kier molecular flexibility index (Phi) is 7.75. The molecule has 4 nitrogen and oxygen atoms in total. The van der Waals surface area contributed by atoms with Gasteiger partial charge in [-0.1, -0.05) is 68.8 Å². The largest absolute Gasteiger partial charge is 0.325 e. The number of hydrogen-bond acceptors (Lipinski definition) is 3. The number of nitrogens with one attached hydrogen (secondary N) is 2. The molecule has 166 valence electrons. The minimum atomic E-state index is -0.178. The topological polar surface area (TPSA) is 58.2 Å². The van der Waals surface area contributed by atoms with Crippen molar-refractivity contribution in [3.63, 3.8) is 0 Å². The maximum atomic E-state index is 12.6. The summed E-state index contributed by atoms with van der Waals surface area (Å²) in [4.78, 5) is 24.9. The first-order chi connectivity index (χ1) is 15.2. The van der Waals surface area contributed by atoms with E-state index >= 15 is 0 Å². The highest BCUT2D eigenvalue weighted by atomic mass is 32.2. The van der Waals surface area contributed by atoms with Gasteiger partial charge in [0.05, 0.1) is 5.75 Å². The van der Waals surface area contributed by atoms with Crippen molar-refractivity contribution in [3.8, 4) is 0 Å². The van der Waals surface area contributed by atoms with Gasteiger partial charge in [-0.15, -0.1) is 11.8 Å². The van der Waals surface area contributed by atoms with Crippen LogP contribution in [0.3, 0.4) is 0 Å². The van der Waals surface area contributed by atoms with E-state index < -0.39 is 0 Å². The van der Waals surface area contributed by atoms with Gasteiger partial charge >= 0.3 is 0 Å². The first-order valence-electron chi connectivity index (χ1n) is 10.7. The lowest BCUT2D eigenvalue weighted by molar-refractivity contribution is -0.113. The quantitative estimate of drug-likeness (QED) is 0.440. The van der Waals surface area contributed by atoms with Gasteiger partial charge in [0, 0.05) is 22.7 Å². The summed E-state index contributed by atoms with van der Waals surface area (Å²) < 4.78 is 0. The average molecular weight is 447 g/mol. The fourth-order valence-corrected chi connectivity index (χ4v) is 3.93. The average Bonchev–Trinajstić information content (AvgIpc) is 2.75. The molecule has 3 rings (SSSR count). The highest BCUT2D eigenvalue weighted by molar-refractivity contribution is 7.99. The van der Waals surface area contributed by atoms with E-state index in [0.717, 1.165) is 5.75 Å². The summed E-state index contributed by atoms with van der Waals surface area (Å²) in [7, 11) is 0. The van der Waals surface area contributed by atoms with Crippen LogP contribution in [0.1, 0.15) is 47.8 Å². The highest BCUT2D eigenvalue weighted by Crippen LogP contribution is 2.23. The van der Waals surface area contributed by atoms with Crippen LogP contribution in [-0.4, -0.2) is 17.6 Å². The Bertz CT molecular complexity index is 1070. The normalized spacial score (nSPS) is 11.1. The molecule has 0 bridgehead atoms. The molecule has 3 aromatic rings. The molecular weight excluding hydrogens is 416 g/mol. The van der Waals surface area contributed by atoms with Crippen molar-refractivity contribution >= 4 is 35.0 Å². The molecular formula is C27H30N2O2S. The van der Waals surface area contributed by atoms with Gasteiger partial charge in [-0.05, 0) is 53.8 Å². The summed E-state index contributed by atoms with van der Waals surface area (Å²) in [6.07, 6.45) is 0. The van der Waals surface area contributed by atoms with Crippen LogP contribution in [0.4, 0.5) is 11.4 Å². The number of carbonyl (C=O) groups is 2. The second-order valence-corrected chi connectivity index (χ2v) is 9.87. The number of rotatable bonds is 7. The molecule has 0 saturated heterocycles. The van der Waals surface area contributed by atoms with Crippen LogP contribution in [0.2, 0.25) is 0 Å². The minimum Gasteiger partial charge on any atom is -0.325 e. The number of hydrogen-bond donors (Lipinski definition) is 2. The van der Waals surface area contributed by atoms with E-state index in [-0.39, 0.29) is 17.2 Å². The first-order valence-corrected chi connectivity index (χ1v) is 11.8. The lowest BCUT2D eigenvalue weighted by atomic mass is 9.87. The van der Waals surface area contributed by atoms with E-state index in [4.69, 9.17) is 0 Å². The van der Waals surface area contributed by atoms with Gasteiger partial charge < -0.3 is 10.6 Å². The molecule has 0 atom stereocenters. The molecule has 0 unspecified atom stereocenters. The third-order valence-corrected chi connectivity index (χ3v) is 6.04. The van der Waals surface area contributed by atoms with E-state index in [9.17, 15) is 9.59 Å². The van der Waals surface area contributed by atoms with Gasteiger partial charge in [0.2, 0.25) is 5.91 Å². The fraction of sp³-hybridized carbons (Fsp3) is 0.259. The van der Waals surface area contributed by atoms with Crippen molar-refractivity contribution < 1.29 is 9.59 Å². The molecule has 2 amide bonds. The van der Waals surface area contributed by atoms with Gasteiger partial charge in [-0.3, -0.25) is 9.59 Å². The molecule has 0 spiro atoms. The van der Waals surface area contributed by atoms with Crippen LogP contribution < -0.4 is 10.6 Å². The Morgan fingerprint density at radius 2 is 1.47 bits per heavy atom. The van der Waals surface area contributed by atoms with Gasteiger partial charge in [0.25, 0.3) is 5.91 Å². The highest BCUT2D eigenvalue weighted by Gasteiger charge is 2.14. The van der Waals surface area contributed by atoms with Crippen molar-refractivity contribution in [3.05, 3.63) is 95.1 Å². The number of anilines is 2. The number of aryl methyl sites for hydroxylation is 1. The molecule has 0 saturated carbocycles. The van der Waals surface area contributed by atoms with Crippen molar-refractivity contribution in [1.82, 2.24) is 0 Å². The fourth-order valence-electron chi connectivity index (χ4n) is 3.14. The SMILES string of the molecule is Cc1ccc(CSCC(=O)Nc2cccc(NC(=O)c3ccc(C(C)(C)C)cc3)c2)cc1. The molecule has 0 radical (unpaired) electrons. The number of thioether (sulfide) groups is 1. The predicted molar refractivity (Wildman–Crippen MR) is 136 cm³/mol. The van der Waals surface area contributed by atoms with Crippen LogP contribution >= 0.6 is 11.8 Å². The number of carbonyl (C=O) groups excluding carboxylic acids is 2. The monoisotopic (exact) mass is 446 g/mol. The summed E-state index contributed by atoms with van der Waals surface area (Å²) in [5.41, 5.74) is 5.55. The van der Waals surface area contributed by atoms with Crippen molar-refractivity contribution in [1.29, 1.82) is 0 Å². The summed E-state index contributed by atoms with van der Waals surface area (Å²) >= 11 is 1.57. The molecule has 0 aliphatic heterocycles. The molecule has 0 aliphatic carbocycles. The smallest absolute Gasteiger partial charge is 0.255 e. The summed E-state index contributed by atoms with van der Waals surface area (Å²) in [5.74, 6) is 0.911. The summed E-state index contributed by atoms with van der Waals surface area (Å²) in [6, 6.07) is 23.2. The Balaban J connectivity index is 1.52. The van der Waals surface area contributed by atoms with Gasteiger partial charge in [-0.25, -0.2) is 0 Å². The molecule has 0 aromatic heterocycles. The van der Waals surface area contributed by atoms with Gasteiger partial charge in [0.15, 0.2) is 0 Å². The van der Waals surface area contributed by atoms with E-state index in [1.807, 2.05) is 42.5 Å². The van der Waals surface area contributed by atoms with Crippen LogP contribution in [0.15, 0.2) is 72.8 Å². The van der Waals surface area contributed by atoms with Crippen LogP contribution in [0.25, 0.3) is 0 Å². The maximum Gasteiger partial charge on any atom is 0.255 e. The Labute approximate surface area is 194 Å². The van der Waals surface area contributed by atoms with E-state index in [0.29, 0.717) is 22.7 Å². The maximum absolute atomic E-state index is 12.6. The zero-order valence-corrected chi connectivity index (χ0v) is 19.9. The molecule has 32 heavy (non-hydrogen) atoms. The van der Waals surface area contributed by atoms with Crippen molar-refractivity contribution in [2.24, 2.45) is 0 Å². The molecule has 2 N–H and O–H groups in total. The van der Waals surface area contributed by atoms with Crippen LogP contribution in [0.5, 0.6) is 0 Å². The Morgan fingerprint density at radius 1 is 0.844 bits per heavy atom. The molecule has 0 fully saturated rings. The van der Waals surface area contributed by atoms with Gasteiger partial charge in [-0.2, -0.15) is 0 Å². The Hall–Kier alpha value is -3.05. The molecule has 5 heteroatoms. The second-order valence-electron chi connectivity index (χ2n) is 8.89. The molecule has 3 aromatic carbocycles. The predicted octanol–water partition coefficient (Wildman–Crippen LogP) is 6.42. The third kappa shape index (κ3) is 6.99. The Morgan fingerprint density at radius 3 is 2.09 bits per heavy atom. The molecule has 0 aliphatic rings. The zero-order valence-electron chi connectivity index (χ0n) is 19.1.